The van der Waals surface area contributed by atoms with Gasteiger partial charge in [0.05, 0.1) is 12.3 Å². The molecule has 1 aromatic carbocycles. The summed E-state index contributed by atoms with van der Waals surface area (Å²) in [6.07, 6.45) is 2.44. The lowest BCUT2D eigenvalue weighted by molar-refractivity contribution is 0.252. The minimum absolute atomic E-state index is 0.607. The van der Waals surface area contributed by atoms with Crippen molar-refractivity contribution in [1.82, 2.24) is 10.2 Å². The van der Waals surface area contributed by atoms with Gasteiger partial charge in [0.1, 0.15) is 5.75 Å². The molecule has 0 spiro atoms. The zero-order chi connectivity index (χ0) is 15.9. The Morgan fingerprint density at radius 3 is 2.64 bits per heavy atom. The molecule has 1 fully saturated rings. The second kappa shape index (κ2) is 8.39. The predicted octanol–water partition coefficient (Wildman–Crippen LogP) is 2.73. The molecule has 0 aromatic heterocycles. The molecule has 4 nitrogen and oxygen atoms in total. The summed E-state index contributed by atoms with van der Waals surface area (Å²) in [7, 11) is 4.41. The van der Waals surface area contributed by atoms with Gasteiger partial charge in [-0.3, -0.25) is 0 Å². The van der Waals surface area contributed by atoms with Crippen molar-refractivity contribution in [1.29, 1.82) is 0 Å². The molecular formula is C18H31N3O. The zero-order valence-corrected chi connectivity index (χ0v) is 14.6. The van der Waals surface area contributed by atoms with Gasteiger partial charge in [-0.15, -0.1) is 0 Å². The molecule has 1 aliphatic heterocycles. The topological polar surface area (TPSA) is 27.7 Å². The average Bonchev–Trinajstić information content (AvgIpc) is 2.53. The second-order valence-electron chi connectivity index (χ2n) is 6.16. The first-order chi connectivity index (χ1) is 10.7. The SMILES string of the molecule is CCNCc1ccc(N(C)C2CCN(C)CC2)c(OCC)c1. The molecule has 0 bridgehead atoms. The number of hydrogen-bond acceptors (Lipinski definition) is 4. The Morgan fingerprint density at radius 1 is 1.27 bits per heavy atom. The van der Waals surface area contributed by atoms with E-state index in [-0.39, 0.29) is 0 Å². The smallest absolute Gasteiger partial charge is 0.142 e. The lowest BCUT2D eigenvalue weighted by Crippen LogP contribution is -2.42. The van der Waals surface area contributed by atoms with Crippen LogP contribution < -0.4 is 15.0 Å². The highest BCUT2D eigenvalue weighted by molar-refractivity contribution is 5.60. The Morgan fingerprint density at radius 2 is 2.00 bits per heavy atom. The third-order valence-corrected chi connectivity index (χ3v) is 4.52. The van der Waals surface area contributed by atoms with E-state index in [4.69, 9.17) is 4.74 Å². The maximum atomic E-state index is 5.91. The Balaban J connectivity index is 2.13. The van der Waals surface area contributed by atoms with Crippen molar-refractivity contribution < 1.29 is 4.74 Å². The summed E-state index contributed by atoms with van der Waals surface area (Å²) in [5.41, 5.74) is 2.50. The van der Waals surface area contributed by atoms with E-state index in [0.29, 0.717) is 12.6 Å². The van der Waals surface area contributed by atoms with E-state index in [9.17, 15) is 0 Å². The number of nitrogens with one attached hydrogen (secondary N) is 1. The maximum Gasteiger partial charge on any atom is 0.142 e. The van der Waals surface area contributed by atoms with Crippen molar-refractivity contribution in [2.75, 3.05) is 45.2 Å². The molecule has 0 unspecified atom stereocenters. The van der Waals surface area contributed by atoms with Crippen LogP contribution in [-0.2, 0) is 6.54 Å². The first kappa shape index (κ1) is 17.1. The van der Waals surface area contributed by atoms with Crippen LogP contribution in [0.15, 0.2) is 18.2 Å². The largest absolute Gasteiger partial charge is 0.492 e. The van der Waals surface area contributed by atoms with Crippen LogP contribution in [-0.4, -0.2) is 51.3 Å². The molecule has 0 radical (unpaired) electrons. The van der Waals surface area contributed by atoms with E-state index in [1.807, 2.05) is 0 Å². The molecule has 124 valence electrons. The number of ether oxygens (including phenoxy) is 1. The van der Waals surface area contributed by atoms with Crippen LogP contribution in [0.1, 0.15) is 32.3 Å². The molecule has 0 atom stereocenters. The fourth-order valence-corrected chi connectivity index (χ4v) is 3.08. The first-order valence-electron chi connectivity index (χ1n) is 8.53. The molecule has 22 heavy (non-hydrogen) atoms. The third-order valence-electron chi connectivity index (χ3n) is 4.52. The molecule has 0 saturated carbocycles. The van der Waals surface area contributed by atoms with E-state index < -0.39 is 0 Å². The van der Waals surface area contributed by atoms with E-state index in [1.54, 1.807) is 0 Å². The molecule has 0 amide bonds. The number of anilines is 1. The zero-order valence-electron chi connectivity index (χ0n) is 14.6. The number of benzene rings is 1. The highest BCUT2D eigenvalue weighted by atomic mass is 16.5. The normalized spacial score (nSPS) is 16.7. The number of rotatable bonds is 7. The van der Waals surface area contributed by atoms with E-state index in [2.05, 4.69) is 61.3 Å². The van der Waals surface area contributed by atoms with Gasteiger partial charge in [-0.25, -0.2) is 0 Å². The number of hydrogen-bond donors (Lipinski definition) is 1. The quantitative estimate of drug-likeness (QED) is 0.838. The Kier molecular flexibility index (Phi) is 6.52. The third kappa shape index (κ3) is 4.37. The fourth-order valence-electron chi connectivity index (χ4n) is 3.08. The highest BCUT2D eigenvalue weighted by Gasteiger charge is 2.22. The lowest BCUT2D eigenvalue weighted by atomic mass is 10.0. The predicted molar refractivity (Wildman–Crippen MR) is 93.9 cm³/mol. The summed E-state index contributed by atoms with van der Waals surface area (Å²) in [5, 5.41) is 3.38. The van der Waals surface area contributed by atoms with Crippen molar-refractivity contribution in [3.63, 3.8) is 0 Å². The molecule has 1 heterocycles. The average molecular weight is 305 g/mol. The van der Waals surface area contributed by atoms with Gasteiger partial charge in [-0.05, 0) is 64.1 Å². The van der Waals surface area contributed by atoms with Gasteiger partial charge in [0.25, 0.3) is 0 Å². The molecule has 1 N–H and O–H groups in total. The summed E-state index contributed by atoms with van der Waals surface area (Å²) in [4.78, 5) is 4.82. The van der Waals surface area contributed by atoms with Crippen molar-refractivity contribution in [3.8, 4) is 5.75 Å². The van der Waals surface area contributed by atoms with E-state index >= 15 is 0 Å². The standard InChI is InChI=1S/C18H31N3O/c1-5-19-14-15-7-8-17(18(13-15)22-6-2)21(4)16-9-11-20(3)12-10-16/h7-8,13,16,19H,5-6,9-12,14H2,1-4H3. The summed E-state index contributed by atoms with van der Waals surface area (Å²) in [6.45, 7) is 9.13. The molecule has 4 heteroatoms. The van der Waals surface area contributed by atoms with Crippen molar-refractivity contribution >= 4 is 5.69 Å². The van der Waals surface area contributed by atoms with Crippen LogP contribution >= 0.6 is 0 Å². The second-order valence-corrected chi connectivity index (χ2v) is 6.16. The molecule has 1 aliphatic rings. The van der Waals surface area contributed by atoms with Crippen molar-refractivity contribution in [2.24, 2.45) is 0 Å². The summed E-state index contributed by atoms with van der Waals surface area (Å²) >= 11 is 0. The van der Waals surface area contributed by atoms with Gasteiger partial charge in [0.2, 0.25) is 0 Å². The van der Waals surface area contributed by atoms with Crippen LogP contribution in [0.3, 0.4) is 0 Å². The monoisotopic (exact) mass is 305 g/mol. The van der Waals surface area contributed by atoms with E-state index in [0.717, 1.165) is 18.8 Å². The van der Waals surface area contributed by atoms with Crippen molar-refractivity contribution in [3.05, 3.63) is 23.8 Å². The summed E-state index contributed by atoms with van der Waals surface area (Å²) in [5.74, 6) is 1.01. The molecule has 2 rings (SSSR count). The lowest BCUT2D eigenvalue weighted by Gasteiger charge is -2.37. The van der Waals surface area contributed by atoms with Crippen LogP contribution in [0.2, 0.25) is 0 Å². The number of nitrogens with zero attached hydrogens (tertiary/aromatic N) is 2. The maximum absolute atomic E-state index is 5.91. The molecular weight excluding hydrogens is 274 g/mol. The molecule has 1 aromatic rings. The van der Waals surface area contributed by atoms with Gasteiger partial charge < -0.3 is 19.9 Å². The number of likely N-dealkylation sites (tertiary alicyclic amines) is 1. The fraction of sp³-hybridized carbons (Fsp3) is 0.667. The van der Waals surface area contributed by atoms with Crippen LogP contribution in [0.5, 0.6) is 5.75 Å². The highest BCUT2D eigenvalue weighted by Crippen LogP contribution is 2.32. The Labute approximate surface area is 135 Å². The van der Waals surface area contributed by atoms with Crippen molar-refractivity contribution in [2.45, 2.75) is 39.3 Å². The Hall–Kier alpha value is -1.26. The molecule has 1 saturated heterocycles. The van der Waals surface area contributed by atoms with Crippen LogP contribution in [0.25, 0.3) is 0 Å². The van der Waals surface area contributed by atoms with E-state index in [1.165, 1.54) is 37.2 Å². The van der Waals surface area contributed by atoms with Gasteiger partial charge in [0, 0.05) is 19.6 Å². The number of piperidine rings is 1. The summed E-state index contributed by atoms with van der Waals surface area (Å²) in [6, 6.07) is 7.23. The van der Waals surface area contributed by atoms with Gasteiger partial charge in [-0.2, -0.15) is 0 Å². The summed E-state index contributed by atoms with van der Waals surface area (Å²) < 4.78 is 5.91. The van der Waals surface area contributed by atoms with Gasteiger partial charge in [-0.1, -0.05) is 13.0 Å². The van der Waals surface area contributed by atoms with Crippen LogP contribution in [0.4, 0.5) is 5.69 Å². The first-order valence-corrected chi connectivity index (χ1v) is 8.53. The van der Waals surface area contributed by atoms with Crippen LogP contribution in [0, 0.1) is 0 Å². The minimum Gasteiger partial charge on any atom is -0.492 e. The van der Waals surface area contributed by atoms with Gasteiger partial charge in [0.15, 0.2) is 0 Å². The Bertz CT molecular complexity index is 456. The van der Waals surface area contributed by atoms with Gasteiger partial charge >= 0.3 is 0 Å². The molecule has 0 aliphatic carbocycles. The minimum atomic E-state index is 0.607.